The zero-order valence-electron chi connectivity index (χ0n) is 18.8. The average Bonchev–Trinajstić information content (AvgIpc) is 3.31. The summed E-state index contributed by atoms with van der Waals surface area (Å²) in [5.74, 6) is 0.890. The van der Waals surface area contributed by atoms with Crippen molar-refractivity contribution in [2.75, 3.05) is 7.11 Å². The van der Waals surface area contributed by atoms with Gasteiger partial charge < -0.3 is 19.9 Å². The molecule has 4 aromatic rings. The van der Waals surface area contributed by atoms with E-state index in [0.717, 1.165) is 16.7 Å². The van der Waals surface area contributed by atoms with Gasteiger partial charge in [-0.25, -0.2) is 4.39 Å². The maximum absolute atomic E-state index is 13.1. The van der Waals surface area contributed by atoms with Crippen LogP contribution in [-0.2, 0) is 6.61 Å². The second-order valence-electron chi connectivity index (χ2n) is 7.96. The van der Waals surface area contributed by atoms with Gasteiger partial charge in [0.05, 0.1) is 24.3 Å². The molecule has 1 aromatic heterocycles. The van der Waals surface area contributed by atoms with Crippen LogP contribution in [0, 0.1) is 17.1 Å². The summed E-state index contributed by atoms with van der Waals surface area (Å²) in [6.45, 7) is 0.305. The number of halogens is 1. The lowest BCUT2D eigenvalue weighted by Gasteiger charge is -2.24. The van der Waals surface area contributed by atoms with E-state index in [2.05, 4.69) is 16.3 Å². The molecule has 1 aliphatic heterocycles. The number of nitriles is 1. The molecule has 7 nitrogen and oxygen atoms in total. The van der Waals surface area contributed by atoms with Crippen molar-refractivity contribution in [1.82, 2.24) is 10.2 Å². The van der Waals surface area contributed by atoms with Crippen molar-refractivity contribution in [3.63, 3.8) is 0 Å². The van der Waals surface area contributed by atoms with Crippen molar-refractivity contribution in [1.29, 1.82) is 5.26 Å². The molecule has 0 bridgehead atoms. The second-order valence-corrected chi connectivity index (χ2v) is 7.96. The summed E-state index contributed by atoms with van der Waals surface area (Å²) in [5, 5.41) is 17.3. The Kier molecular flexibility index (Phi) is 5.81. The molecule has 2 heterocycles. The molecule has 3 N–H and O–H groups in total. The number of nitrogens with one attached hydrogen (secondary N) is 1. The smallest absolute Gasteiger partial charge is 0.244 e. The Morgan fingerprint density at radius 1 is 1.09 bits per heavy atom. The highest BCUT2D eigenvalue weighted by atomic mass is 19.1. The van der Waals surface area contributed by atoms with E-state index in [1.54, 1.807) is 19.2 Å². The van der Waals surface area contributed by atoms with Crippen LogP contribution in [0.3, 0.4) is 0 Å². The highest BCUT2D eigenvalue weighted by Gasteiger charge is 2.35. The summed E-state index contributed by atoms with van der Waals surface area (Å²) in [7, 11) is 1.60. The van der Waals surface area contributed by atoms with Crippen LogP contribution in [0.2, 0.25) is 0 Å². The first kappa shape index (κ1) is 22.0. The van der Waals surface area contributed by atoms with Crippen LogP contribution in [-0.4, -0.2) is 17.3 Å². The van der Waals surface area contributed by atoms with Crippen molar-refractivity contribution in [3.05, 3.63) is 107 Å². The normalized spacial score (nSPS) is 14.6. The number of rotatable bonds is 6. The quantitative estimate of drug-likeness (QED) is 0.412. The molecule has 0 spiro atoms. The Labute approximate surface area is 201 Å². The molecule has 0 saturated carbocycles. The van der Waals surface area contributed by atoms with Crippen LogP contribution in [0.4, 0.5) is 4.39 Å². The Morgan fingerprint density at radius 2 is 1.86 bits per heavy atom. The average molecular weight is 468 g/mol. The highest BCUT2D eigenvalue weighted by molar-refractivity contribution is 5.71. The zero-order valence-corrected chi connectivity index (χ0v) is 18.8. The molecule has 0 amide bonds. The predicted molar refractivity (Wildman–Crippen MR) is 127 cm³/mol. The maximum Gasteiger partial charge on any atom is 0.244 e. The molecule has 35 heavy (non-hydrogen) atoms. The molecular weight excluding hydrogens is 447 g/mol. The van der Waals surface area contributed by atoms with Crippen LogP contribution in [0.15, 0.2) is 84.3 Å². The molecule has 5 rings (SSSR count). The molecule has 0 aliphatic carbocycles. The van der Waals surface area contributed by atoms with Gasteiger partial charge in [0.15, 0.2) is 0 Å². The number of hydrogen-bond acceptors (Lipinski definition) is 6. The minimum Gasteiger partial charge on any atom is -0.497 e. The van der Waals surface area contributed by atoms with Gasteiger partial charge in [-0.05, 0) is 47.5 Å². The molecule has 0 saturated heterocycles. The number of aromatic amines is 1. The summed E-state index contributed by atoms with van der Waals surface area (Å²) in [6, 6.07) is 23.3. The summed E-state index contributed by atoms with van der Waals surface area (Å²) < 4.78 is 30.0. The predicted octanol–water partition coefficient (Wildman–Crippen LogP) is 5.02. The first-order valence-corrected chi connectivity index (χ1v) is 10.8. The SMILES string of the molecule is COc1cccc(-c2[nH]nc3c2C(c2ccc(OCc4ccc(F)cc4)cc2)C(C#N)=C(N)O3)c1. The molecule has 0 radical (unpaired) electrons. The van der Waals surface area contributed by atoms with E-state index in [0.29, 0.717) is 40.8 Å². The summed E-state index contributed by atoms with van der Waals surface area (Å²) in [4.78, 5) is 0. The maximum atomic E-state index is 13.1. The van der Waals surface area contributed by atoms with E-state index in [1.165, 1.54) is 12.1 Å². The number of hydrogen-bond donors (Lipinski definition) is 2. The summed E-state index contributed by atoms with van der Waals surface area (Å²) in [6.07, 6.45) is 0. The van der Waals surface area contributed by atoms with Crippen LogP contribution in [0.5, 0.6) is 17.4 Å². The van der Waals surface area contributed by atoms with E-state index in [9.17, 15) is 9.65 Å². The van der Waals surface area contributed by atoms with Crippen molar-refractivity contribution in [2.24, 2.45) is 5.73 Å². The lowest BCUT2D eigenvalue weighted by molar-refractivity contribution is 0.306. The molecule has 1 atom stereocenters. The molecule has 174 valence electrons. The van der Waals surface area contributed by atoms with Gasteiger partial charge in [0.1, 0.15) is 35.6 Å². The van der Waals surface area contributed by atoms with E-state index in [1.807, 2.05) is 48.5 Å². The lowest BCUT2D eigenvalue weighted by Crippen LogP contribution is -2.21. The van der Waals surface area contributed by atoms with E-state index in [4.69, 9.17) is 19.9 Å². The summed E-state index contributed by atoms with van der Waals surface area (Å²) >= 11 is 0. The first-order chi connectivity index (χ1) is 17.1. The second kappa shape index (κ2) is 9.23. The van der Waals surface area contributed by atoms with Crippen LogP contribution in [0.25, 0.3) is 11.3 Å². The zero-order chi connectivity index (χ0) is 24.4. The number of aromatic nitrogens is 2. The summed E-state index contributed by atoms with van der Waals surface area (Å²) in [5.41, 5.74) is 10.3. The van der Waals surface area contributed by atoms with Crippen molar-refractivity contribution >= 4 is 0 Å². The fourth-order valence-corrected chi connectivity index (χ4v) is 4.08. The van der Waals surface area contributed by atoms with Gasteiger partial charge in [0.2, 0.25) is 11.8 Å². The topological polar surface area (TPSA) is 106 Å². The van der Waals surface area contributed by atoms with Crippen LogP contribution in [0.1, 0.15) is 22.6 Å². The molecule has 1 aliphatic rings. The number of ether oxygens (including phenoxy) is 3. The third-order valence-corrected chi connectivity index (χ3v) is 5.83. The standard InChI is InChI=1S/C27H21FN4O3/c1-33-21-4-2-3-18(13-21)25-24-23(22(14-29)26(30)35-27(24)32-31-25)17-7-11-20(12-8-17)34-15-16-5-9-19(28)10-6-16/h2-13,23H,15,30H2,1H3,(H,31,32). The van der Waals surface area contributed by atoms with Gasteiger partial charge in [-0.15, -0.1) is 5.10 Å². The van der Waals surface area contributed by atoms with Gasteiger partial charge in [0, 0.05) is 5.56 Å². The first-order valence-electron chi connectivity index (χ1n) is 10.8. The lowest BCUT2D eigenvalue weighted by atomic mass is 9.83. The van der Waals surface area contributed by atoms with Crippen LogP contribution < -0.4 is 19.9 Å². The highest BCUT2D eigenvalue weighted by Crippen LogP contribution is 2.46. The molecular formula is C27H21FN4O3. The number of fused-ring (bicyclic) bond motifs is 1. The molecule has 8 heteroatoms. The fourth-order valence-electron chi connectivity index (χ4n) is 4.08. The minimum absolute atomic E-state index is 0.0188. The van der Waals surface area contributed by atoms with Crippen molar-refractivity contribution in [2.45, 2.75) is 12.5 Å². The van der Waals surface area contributed by atoms with Gasteiger partial charge in [-0.2, -0.15) is 5.26 Å². The Morgan fingerprint density at radius 3 is 2.57 bits per heavy atom. The molecule has 0 fully saturated rings. The van der Waals surface area contributed by atoms with Gasteiger partial charge in [-0.3, -0.25) is 5.10 Å². The Bertz CT molecular complexity index is 1440. The third-order valence-electron chi connectivity index (χ3n) is 5.83. The number of nitrogens with zero attached hydrogens (tertiary/aromatic N) is 2. The monoisotopic (exact) mass is 468 g/mol. The fraction of sp³-hybridized carbons (Fsp3) is 0.111. The largest absolute Gasteiger partial charge is 0.497 e. The number of allylic oxidation sites excluding steroid dienone is 1. The van der Waals surface area contributed by atoms with E-state index >= 15 is 0 Å². The third kappa shape index (κ3) is 4.27. The van der Waals surface area contributed by atoms with E-state index < -0.39 is 5.92 Å². The van der Waals surface area contributed by atoms with Crippen molar-refractivity contribution in [3.8, 4) is 34.7 Å². The van der Waals surface area contributed by atoms with Crippen molar-refractivity contribution < 1.29 is 18.6 Å². The van der Waals surface area contributed by atoms with Gasteiger partial charge in [0.25, 0.3) is 0 Å². The number of methoxy groups -OCH3 is 1. The van der Waals surface area contributed by atoms with Gasteiger partial charge in [-0.1, -0.05) is 36.4 Å². The molecule has 1 unspecified atom stereocenters. The van der Waals surface area contributed by atoms with Gasteiger partial charge >= 0.3 is 0 Å². The molecule has 3 aromatic carbocycles. The number of H-pyrrole nitrogens is 1. The van der Waals surface area contributed by atoms with Crippen LogP contribution >= 0.6 is 0 Å². The van der Waals surface area contributed by atoms with E-state index in [-0.39, 0.29) is 11.7 Å². The number of nitrogens with two attached hydrogens (primary N) is 1. The minimum atomic E-state index is -0.491. The Hall–Kier alpha value is -4.77. The number of benzene rings is 3. The Balaban J connectivity index is 1.48.